The molecule has 0 spiro atoms. The van der Waals surface area contributed by atoms with Crippen LogP contribution in [0.15, 0.2) is 24.3 Å². The van der Waals surface area contributed by atoms with Gasteiger partial charge in [0.25, 0.3) is 0 Å². The van der Waals surface area contributed by atoms with Gasteiger partial charge in [-0.15, -0.1) is 0 Å². The summed E-state index contributed by atoms with van der Waals surface area (Å²) in [6.07, 6.45) is 1.54. The quantitative estimate of drug-likeness (QED) is 0.703. The molecule has 1 aromatic heterocycles. The molecule has 9 heteroatoms. The number of hydrogen-bond acceptors (Lipinski definition) is 4. The molecule has 0 bridgehead atoms. The zero-order valence-corrected chi connectivity index (χ0v) is 15.4. The third kappa shape index (κ3) is 5.28. The second-order valence-corrected chi connectivity index (χ2v) is 6.78. The van der Waals surface area contributed by atoms with Gasteiger partial charge in [-0.2, -0.15) is 5.10 Å². The van der Waals surface area contributed by atoms with Crippen molar-refractivity contribution in [2.75, 3.05) is 11.9 Å². The number of nitrogens with zero attached hydrogens (tertiary/aromatic N) is 1. The molecule has 0 unspecified atom stereocenters. The summed E-state index contributed by atoms with van der Waals surface area (Å²) in [5.74, 6) is -1.39. The molecule has 0 radical (unpaired) electrons. The molecule has 7 nitrogen and oxygen atoms in total. The molecule has 1 heterocycles. The SMILES string of the molecule is CCNC(=O)O[C@H]1CC[C@@H](c2cc(NC(=O)Cc3cc(F)cc(F)c3)n[nH]2)C1. The molecule has 2 atom stereocenters. The minimum absolute atomic E-state index is 0.148. The number of ether oxygens (including phenoxy) is 1. The number of H-pyrrole nitrogens is 1. The van der Waals surface area contributed by atoms with Gasteiger partial charge in [0, 0.05) is 30.3 Å². The first-order valence-electron chi connectivity index (χ1n) is 9.17. The van der Waals surface area contributed by atoms with Gasteiger partial charge in [0.2, 0.25) is 5.91 Å². The van der Waals surface area contributed by atoms with Crippen molar-refractivity contribution in [1.82, 2.24) is 15.5 Å². The van der Waals surface area contributed by atoms with Crippen LogP contribution in [0.2, 0.25) is 0 Å². The van der Waals surface area contributed by atoms with Gasteiger partial charge in [0.15, 0.2) is 5.82 Å². The van der Waals surface area contributed by atoms with E-state index in [2.05, 4.69) is 20.8 Å². The molecule has 3 rings (SSSR count). The van der Waals surface area contributed by atoms with E-state index < -0.39 is 23.6 Å². The van der Waals surface area contributed by atoms with Crippen molar-refractivity contribution in [2.24, 2.45) is 0 Å². The van der Waals surface area contributed by atoms with Crippen molar-refractivity contribution in [2.45, 2.75) is 44.6 Å². The Kier molecular flexibility index (Phi) is 6.23. The molecule has 1 aromatic carbocycles. The summed E-state index contributed by atoms with van der Waals surface area (Å²) in [5.41, 5.74) is 1.08. The number of nitrogens with one attached hydrogen (secondary N) is 3. The lowest BCUT2D eigenvalue weighted by Gasteiger charge is -2.12. The highest BCUT2D eigenvalue weighted by molar-refractivity contribution is 5.91. The predicted octanol–water partition coefficient (Wildman–Crippen LogP) is 3.25. The van der Waals surface area contributed by atoms with E-state index in [9.17, 15) is 18.4 Å². The van der Waals surface area contributed by atoms with Gasteiger partial charge in [-0.3, -0.25) is 9.89 Å². The number of halogens is 2. The van der Waals surface area contributed by atoms with Gasteiger partial charge in [-0.25, -0.2) is 13.6 Å². The Morgan fingerprint density at radius 2 is 1.96 bits per heavy atom. The third-order valence-electron chi connectivity index (χ3n) is 4.57. The molecular formula is C19H22F2N4O3. The van der Waals surface area contributed by atoms with Crippen LogP contribution < -0.4 is 10.6 Å². The Labute approximate surface area is 160 Å². The van der Waals surface area contributed by atoms with Crippen LogP contribution in [0, 0.1) is 11.6 Å². The van der Waals surface area contributed by atoms with E-state index in [1.165, 1.54) is 0 Å². The van der Waals surface area contributed by atoms with E-state index >= 15 is 0 Å². The normalized spacial score (nSPS) is 18.7. The smallest absolute Gasteiger partial charge is 0.407 e. The number of amides is 2. The van der Waals surface area contributed by atoms with Crippen molar-refractivity contribution in [1.29, 1.82) is 0 Å². The molecule has 1 aliphatic carbocycles. The van der Waals surface area contributed by atoms with Gasteiger partial charge in [-0.05, 0) is 43.9 Å². The first-order valence-corrected chi connectivity index (χ1v) is 9.17. The highest BCUT2D eigenvalue weighted by atomic mass is 19.1. The summed E-state index contributed by atoms with van der Waals surface area (Å²) in [7, 11) is 0. The van der Waals surface area contributed by atoms with Crippen LogP contribution in [0.25, 0.3) is 0 Å². The van der Waals surface area contributed by atoms with E-state index in [4.69, 9.17) is 4.74 Å². The fourth-order valence-electron chi connectivity index (χ4n) is 3.36. The molecule has 2 amide bonds. The Bertz CT molecular complexity index is 835. The van der Waals surface area contributed by atoms with E-state index in [1.807, 2.05) is 6.92 Å². The van der Waals surface area contributed by atoms with E-state index in [0.29, 0.717) is 18.8 Å². The van der Waals surface area contributed by atoms with E-state index in [-0.39, 0.29) is 24.0 Å². The third-order valence-corrected chi connectivity index (χ3v) is 4.57. The lowest BCUT2D eigenvalue weighted by Crippen LogP contribution is -2.27. The Morgan fingerprint density at radius 1 is 1.21 bits per heavy atom. The molecule has 3 N–H and O–H groups in total. The number of hydrogen-bond donors (Lipinski definition) is 3. The zero-order valence-electron chi connectivity index (χ0n) is 15.4. The molecule has 2 aromatic rings. The van der Waals surface area contributed by atoms with Crippen molar-refractivity contribution in [3.63, 3.8) is 0 Å². The van der Waals surface area contributed by atoms with Crippen LogP contribution >= 0.6 is 0 Å². The number of carbonyl (C=O) groups is 2. The first kappa shape index (κ1) is 19.8. The topological polar surface area (TPSA) is 96.1 Å². The number of alkyl carbamates (subject to hydrolysis) is 1. The van der Waals surface area contributed by atoms with Crippen LogP contribution in [0.3, 0.4) is 0 Å². The molecule has 150 valence electrons. The lowest BCUT2D eigenvalue weighted by molar-refractivity contribution is -0.115. The van der Waals surface area contributed by atoms with Crippen molar-refractivity contribution in [3.05, 3.63) is 47.2 Å². The molecule has 0 aliphatic heterocycles. The monoisotopic (exact) mass is 392 g/mol. The number of anilines is 1. The van der Waals surface area contributed by atoms with Gasteiger partial charge >= 0.3 is 6.09 Å². The van der Waals surface area contributed by atoms with Gasteiger partial charge in [0.05, 0.1) is 6.42 Å². The number of aromatic nitrogens is 2. The molecular weight excluding hydrogens is 370 g/mol. The lowest BCUT2D eigenvalue weighted by atomic mass is 10.0. The van der Waals surface area contributed by atoms with Crippen molar-refractivity contribution >= 4 is 17.8 Å². The first-order chi connectivity index (χ1) is 13.4. The van der Waals surface area contributed by atoms with Gasteiger partial charge < -0.3 is 15.4 Å². The highest BCUT2D eigenvalue weighted by Gasteiger charge is 2.29. The Balaban J connectivity index is 1.53. The largest absolute Gasteiger partial charge is 0.446 e. The molecule has 1 aliphatic rings. The van der Waals surface area contributed by atoms with Crippen LogP contribution in [-0.4, -0.2) is 34.8 Å². The average Bonchev–Trinajstić information content (AvgIpc) is 3.23. The van der Waals surface area contributed by atoms with Crippen molar-refractivity contribution < 1.29 is 23.1 Å². The fourth-order valence-corrected chi connectivity index (χ4v) is 3.36. The van der Waals surface area contributed by atoms with Crippen LogP contribution in [0.5, 0.6) is 0 Å². The molecule has 28 heavy (non-hydrogen) atoms. The maximum atomic E-state index is 13.2. The van der Waals surface area contributed by atoms with E-state index in [1.54, 1.807) is 6.07 Å². The summed E-state index contributed by atoms with van der Waals surface area (Å²) in [4.78, 5) is 23.6. The number of carbonyl (C=O) groups excluding carboxylic acids is 2. The number of benzene rings is 1. The summed E-state index contributed by atoms with van der Waals surface area (Å²) in [5, 5.41) is 12.2. The van der Waals surface area contributed by atoms with Crippen LogP contribution in [0.1, 0.15) is 43.4 Å². The number of rotatable bonds is 6. The standard InChI is InChI=1S/C19H22F2N4O3/c1-2-22-19(27)28-15-4-3-12(8-15)16-10-17(25-24-16)23-18(26)7-11-5-13(20)9-14(21)6-11/h5-6,9-10,12,15H,2-4,7-8H2,1H3,(H,22,27)(H2,23,24,25,26)/t12-,15+/m1/s1. The maximum Gasteiger partial charge on any atom is 0.407 e. The molecule has 1 saturated carbocycles. The van der Waals surface area contributed by atoms with Crippen LogP contribution in [-0.2, 0) is 16.0 Å². The summed E-state index contributed by atoms with van der Waals surface area (Å²) >= 11 is 0. The second-order valence-electron chi connectivity index (χ2n) is 6.78. The minimum atomic E-state index is -0.726. The number of aromatic amines is 1. The highest BCUT2D eigenvalue weighted by Crippen LogP contribution is 2.35. The van der Waals surface area contributed by atoms with Crippen molar-refractivity contribution in [3.8, 4) is 0 Å². The van der Waals surface area contributed by atoms with Gasteiger partial charge in [0.1, 0.15) is 17.7 Å². The predicted molar refractivity (Wildman–Crippen MR) is 97.8 cm³/mol. The minimum Gasteiger partial charge on any atom is -0.446 e. The van der Waals surface area contributed by atoms with Crippen LogP contribution in [0.4, 0.5) is 19.4 Å². The fraction of sp³-hybridized carbons (Fsp3) is 0.421. The second kappa shape index (κ2) is 8.81. The summed E-state index contributed by atoms with van der Waals surface area (Å²) in [6, 6.07) is 4.72. The molecule has 0 saturated heterocycles. The zero-order chi connectivity index (χ0) is 20.1. The summed E-state index contributed by atoms with van der Waals surface area (Å²) in [6.45, 7) is 2.34. The Hall–Kier alpha value is -2.97. The molecule has 1 fully saturated rings. The average molecular weight is 392 g/mol. The Morgan fingerprint density at radius 3 is 2.68 bits per heavy atom. The summed E-state index contributed by atoms with van der Waals surface area (Å²) < 4.78 is 31.8. The maximum absolute atomic E-state index is 13.2. The van der Waals surface area contributed by atoms with Gasteiger partial charge in [-0.1, -0.05) is 0 Å². The van der Waals surface area contributed by atoms with E-state index in [0.717, 1.165) is 36.7 Å².